The highest BCUT2D eigenvalue weighted by Gasteiger charge is 2.35. The lowest BCUT2D eigenvalue weighted by molar-refractivity contribution is -0.0893. The third-order valence-electron chi connectivity index (χ3n) is 4.00. The highest BCUT2D eigenvalue weighted by atomic mass is 16.6. The van der Waals surface area contributed by atoms with Crippen molar-refractivity contribution in [3.05, 3.63) is 18.3 Å². The highest BCUT2D eigenvalue weighted by Crippen LogP contribution is 2.24. The summed E-state index contributed by atoms with van der Waals surface area (Å²) in [4.78, 5) is 15.8. The van der Waals surface area contributed by atoms with Crippen molar-refractivity contribution in [2.24, 2.45) is 0 Å². The van der Waals surface area contributed by atoms with E-state index < -0.39 is 22.9 Å². The van der Waals surface area contributed by atoms with E-state index in [0.717, 1.165) is 5.46 Å². The van der Waals surface area contributed by atoms with E-state index in [1.807, 2.05) is 46.8 Å². The molecule has 7 nitrogen and oxygen atoms in total. The molecular weight excluding hydrogens is 333 g/mol. The first-order chi connectivity index (χ1) is 11.8. The molecule has 0 aliphatic rings. The number of pyridine rings is 1. The zero-order valence-electron chi connectivity index (χ0n) is 17.0. The normalized spacial score (nSPS) is 12.5. The maximum absolute atomic E-state index is 11.5. The Bertz CT molecular complexity index is 578. The monoisotopic (exact) mass is 365 g/mol. The minimum Gasteiger partial charge on any atom is -0.444 e. The fraction of sp³-hybridized carbons (Fsp3) is 0.667. The first-order valence-electron chi connectivity index (χ1n) is 8.82. The van der Waals surface area contributed by atoms with Gasteiger partial charge >= 0.3 is 13.6 Å². The van der Waals surface area contributed by atoms with Crippen LogP contribution >= 0.6 is 0 Å². The molecule has 146 valence electrons. The predicted molar refractivity (Wildman–Crippen MR) is 105 cm³/mol. The highest BCUT2D eigenvalue weighted by molar-refractivity contribution is 6.46. The van der Waals surface area contributed by atoms with Crippen LogP contribution in [0.3, 0.4) is 0 Å². The maximum atomic E-state index is 11.5. The predicted octanol–water partition coefficient (Wildman–Crippen LogP) is 1.56. The van der Waals surface area contributed by atoms with Crippen LogP contribution in [0.4, 0.5) is 10.6 Å². The van der Waals surface area contributed by atoms with Gasteiger partial charge in [-0.15, -0.1) is 0 Å². The molecule has 26 heavy (non-hydrogen) atoms. The average molecular weight is 365 g/mol. The number of hydrogen-bond acceptors (Lipinski definition) is 6. The van der Waals surface area contributed by atoms with Gasteiger partial charge in [-0.2, -0.15) is 0 Å². The molecule has 0 spiro atoms. The number of aromatic nitrogens is 1. The second-order valence-corrected chi connectivity index (χ2v) is 8.27. The Kier molecular flexibility index (Phi) is 7.47. The zero-order valence-corrected chi connectivity index (χ0v) is 17.0. The summed E-state index contributed by atoms with van der Waals surface area (Å²) in [6.07, 6.45) is 1.29. The summed E-state index contributed by atoms with van der Waals surface area (Å²) < 4.78 is 11.0. The summed E-state index contributed by atoms with van der Waals surface area (Å²) in [5.74, 6) is 0.710. The molecule has 1 rings (SSSR count). The number of rotatable bonds is 8. The number of nitrogens with one attached hydrogen (secondary N) is 2. The summed E-state index contributed by atoms with van der Waals surface area (Å²) in [5.41, 5.74) is -1.20. The molecule has 0 aromatic carbocycles. The molecule has 0 aliphatic carbocycles. The zero-order chi connectivity index (χ0) is 20.0. The first-order valence-corrected chi connectivity index (χ1v) is 8.82. The smallest absolute Gasteiger partial charge is 0.407 e. The SMILES string of the molecule is CC(C)(C)OC(=O)NCCNc1ccc(BOC(C)(C)C(C)(C)O)cn1. The summed E-state index contributed by atoms with van der Waals surface area (Å²) in [6, 6.07) is 3.76. The maximum Gasteiger partial charge on any atom is 0.407 e. The van der Waals surface area contributed by atoms with Crippen molar-refractivity contribution in [2.75, 3.05) is 18.4 Å². The molecular formula is C18H32BN3O4. The third-order valence-corrected chi connectivity index (χ3v) is 4.00. The van der Waals surface area contributed by atoms with Gasteiger partial charge < -0.3 is 25.1 Å². The van der Waals surface area contributed by atoms with Crippen LogP contribution in [0.1, 0.15) is 48.5 Å². The Morgan fingerprint density at radius 3 is 2.31 bits per heavy atom. The fourth-order valence-electron chi connectivity index (χ4n) is 1.72. The Morgan fingerprint density at radius 1 is 1.15 bits per heavy atom. The lowest BCUT2D eigenvalue weighted by atomic mass is 9.83. The second kappa shape index (κ2) is 8.73. The van der Waals surface area contributed by atoms with Crippen molar-refractivity contribution in [2.45, 2.75) is 65.3 Å². The van der Waals surface area contributed by atoms with Crippen molar-refractivity contribution in [3.8, 4) is 0 Å². The van der Waals surface area contributed by atoms with Crippen LogP contribution in [0.15, 0.2) is 18.3 Å². The molecule has 0 radical (unpaired) electrons. The summed E-state index contributed by atoms with van der Waals surface area (Å²) >= 11 is 0. The van der Waals surface area contributed by atoms with E-state index in [1.54, 1.807) is 20.0 Å². The van der Waals surface area contributed by atoms with Crippen molar-refractivity contribution >= 4 is 24.9 Å². The third kappa shape index (κ3) is 8.06. The van der Waals surface area contributed by atoms with Gasteiger partial charge in [0.1, 0.15) is 11.4 Å². The Hall–Kier alpha value is -1.80. The lowest BCUT2D eigenvalue weighted by Gasteiger charge is -2.37. The Balaban J connectivity index is 2.36. The van der Waals surface area contributed by atoms with Crippen LogP contribution in [-0.4, -0.2) is 53.6 Å². The van der Waals surface area contributed by atoms with Crippen molar-refractivity contribution in [3.63, 3.8) is 0 Å². The van der Waals surface area contributed by atoms with E-state index in [0.29, 0.717) is 26.4 Å². The molecule has 0 aliphatic heterocycles. The van der Waals surface area contributed by atoms with Gasteiger partial charge in [0.25, 0.3) is 0 Å². The topological polar surface area (TPSA) is 92.7 Å². The van der Waals surface area contributed by atoms with Gasteiger partial charge in [-0.1, -0.05) is 6.07 Å². The van der Waals surface area contributed by atoms with Gasteiger partial charge in [0.05, 0.1) is 11.2 Å². The van der Waals surface area contributed by atoms with E-state index in [4.69, 9.17) is 9.39 Å². The molecule has 0 saturated heterocycles. The standard InChI is InChI=1S/C18H32BN3O4/c1-16(2,3)25-15(23)21-11-10-20-14-9-8-13(12-22-14)19-26-18(6,7)17(4,5)24/h8-9,12,19,24H,10-11H2,1-7H3,(H,20,22)(H,21,23). The van der Waals surface area contributed by atoms with Gasteiger partial charge in [0.15, 0.2) is 0 Å². The number of ether oxygens (including phenoxy) is 1. The van der Waals surface area contributed by atoms with Crippen LogP contribution in [0.25, 0.3) is 0 Å². The van der Waals surface area contributed by atoms with E-state index in [1.165, 1.54) is 0 Å². The van der Waals surface area contributed by atoms with Gasteiger partial charge in [0.2, 0.25) is 0 Å². The number of hydrogen-bond donors (Lipinski definition) is 3. The van der Waals surface area contributed by atoms with Crippen LogP contribution in [0.5, 0.6) is 0 Å². The van der Waals surface area contributed by atoms with Crippen molar-refractivity contribution in [1.29, 1.82) is 0 Å². The van der Waals surface area contributed by atoms with Crippen LogP contribution in [-0.2, 0) is 9.39 Å². The van der Waals surface area contributed by atoms with E-state index in [2.05, 4.69) is 15.6 Å². The molecule has 1 aromatic heterocycles. The van der Waals surface area contributed by atoms with E-state index in [9.17, 15) is 9.90 Å². The van der Waals surface area contributed by atoms with E-state index in [-0.39, 0.29) is 0 Å². The molecule has 1 amide bonds. The second-order valence-electron chi connectivity index (χ2n) is 8.27. The van der Waals surface area contributed by atoms with Gasteiger partial charge in [-0.25, -0.2) is 9.78 Å². The number of nitrogens with zero attached hydrogens (tertiary/aromatic N) is 1. The van der Waals surface area contributed by atoms with Crippen LogP contribution in [0.2, 0.25) is 0 Å². The molecule has 8 heteroatoms. The largest absolute Gasteiger partial charge is 0.444 e. The van der Waals surface area contributed by atoms with Crippen molar-refractivity contribution in [1.82, 2.24) is 10.3 Å². The number of amides is 1. The first kappa shape index (κ1) is 22.2. The summed E-state index contributed by atoms with van der Waals surface area (Å²) in [7, 11) is 0.366. The van der Waals surface area contributed by atoms with E-state index >= 15 is 0 Å². The fourth-order valence-corrected chi connectivity index (χ4v) is 1.72. The lowest BCUT2D eigenvalue weighted by Crippen LogP contribution is -2.49. The molecule has 0 atom stereocenters. The van der Waals surface area contributed by atoms with Gasteiger partial charge in [-0.3, -0.25) is 0 Å². The average Bonchev–Trinajstić information content (AvgIpc) is 2.48. The number of carbonyl (C=O) groups is 1. The van der Waals surface area contributed by atoms with Gasteiger partial charge in [0, 0.05) is 19.3 Å². The van der Waals surface area contributed by atoms with Gasteiger partial charge in [-0.05, 0) is 60.0 Å². The van der Waals surface area contributed by atoms with Crippen LogP contribution < -0.4 is 16.1 Å². The van der Waals surface area contributed by atoms with Crippen LogP contribution in [0, 0.1) is 0 Å². The molecule has 3 N–H and O–H groups in total. The molecule has 1 heterocycles. The Morgan fingerprint density at radius 2 is 1.81 bits per heavy atom. The number of carbonyl (C=O) groups excluding carboxylic acids is 1. The minimum absolute atomic E-state index is 0.366. The molecule has 0 saturated carbocycles. The number of anilines is 1. The summed E-state index contributed by atoms with van der Waals surface area (Å²) in [6.45, 7) is 13.6. The number of alkyl carbamates (subject to hydrolysis) is 1. The minimum atomic E-state index is -0.941. The molecule has 0 fully saturated rings. The van der Waals surface area contributed by atoms with Crippen molar-refractivity contribution < 1.29 is 19.3 Å². The molecule has 1 aromatic rings. The molecule has 0 unspecified atom stereocenters. The Labute approximate surface area is 157 Å². The molecule has 0 bridgehead atoms. The quantitative estimate of drug-likeness (QED) is 0.478. The summed E-state index contributed by atoms with van der Waals surface area (Å²) in [5, 5.41) is 15.9. The number of aliphatic hydroxyl groups is 1.